The standard InChI is InChI=1S/C20H22ClN3O5S/c1-29-15-8-10-16(11-9-15)30(27,28)24-12-4-5-14(24)13-22-19(25)20(26)23-18-7-3-2-6-17(18)21/h2-3,6-11,14H,4-5,12-13H2,1H3,(H,22,25)(H,23,26)/t14-/m0/s1. The minimum atomic E-state index is -3.73. The lowest BCUT2D eigenvalue weighted by Crippen LogP contribution is -2.45. The molecule has 1 saturated heterocycles. The first-order chi connectivity index (χ1) is 14.3. The fourth-order valence-corrected chi connectivity index (χ4v) is 5.12. The van der Waals surface area contributed by atoms with Gasteiger partial charge in [0.1, 0.15) is 5.75 Å². The smallest absolute Gasteiger partial charge is 0.313 e. The molecule has 8 nitrogen and oxygen atoms in total. The van der Waals surface area contributed by atoms with Crippen molar-refractivity contribution in [2.75, 3.05) is 25.5 Å². The number of nitrogens with one attached hydrogen (secondary N) is 2. The maximum absolute atomic E-state index is 13.0. The lowest BCUT2D eigenvalue weighted by molar-refractivity contribution is -0.136. The Morgan fingerprint density at radius 1 is 1.13 bits per heavy atom. The van der Waals surface area contributed by atoms with E-state index in [1.807, 2.05) is 0 Å². The number of nitrogens with zero attached hydrogens (tertiary/aromatic N) is 1. The van der Waals surface area contributed by atoms with Crippen molar-refractivity contribution in [2.24, 2.45) is 0 Å². The molecule has 2 aromatic carbocycles. The third kappa shape index (κ3) is 4.92. The van der Waals surface area contributed by atoms with E-state index in [1.165, 1.54) is 23.5 Å². The zero-order valence-electron chi connectivity index (χ0n) is 16.3. The quantitative estimate of drug-likeness (QED) is 0.655. The van der Waals surface area contributed by atoms with Gasteiger partial charge in [0.15, 0.2) is 0 Å². The van der Waals surface area contributed by atoms with Crippen LogP contribution in [0.2, 0.25) is 5.02 Å². The first-order valence-corrected chi connectivity index (χ1v) is 11.1. The van der Waals surface area contributed by atoms with Crippen LogP contribution in [0.25, 0.3) is 0 Å². The van der Waals surface area contributed by atoms with E-state index in [0.29, 0.717) is 35.8 Å². The van der Waals surface area contributed by atoms with Crippen molar-refractivity contribution in [1.29, 1.82) is 0 Å². The first kappa shape index (κ1) is 22.1. The molecule has 0 saturated carbocycles. The number of halogens is 1. The van der Waals surface area contributed by atoms with E-state index in [1.54, 1.807) is 36.4 Å². The van der Waals surface area contributed by atoms with Gasteiger partial charge in [0.05, 0.1) is 22.7 Å². The number of ether oxygens (including phenoxy) is 1. The van der Waals surface area contributed by atoms with Crippen LogP contribution >= 0.6 is 11.6 Å². The molecule has 160 valence electrons. The molecule has 0 bridgehead atoms. The molecule has 2 amide bonds. The molecule has 1 atom stereocenters. The number of hydrogen-bond donors (Lipinski definition) is 2. The number of benzene rings is 2. The Morgan fingerprint density at radius 2 is 1.83 bits per heavy atom. The molecule has 0 radical (unpaired) electrons. The highest BCUT2D eigenvalue weighted by atomic mass is 35.5. The summed E-state index contributed by atoms with van der Waals surface area (Å²) < 4.78 is 32.4. The maximum Gasteiger partial charge on any atom is 0.313 e. The van der Waals surface area contributed by atoms with E-state index in [0.717, 1.165) is 0 Å². The Kier molecular flexibility index (Phi) is 6.96. The van der Waals surface area contributed by atoms with Crippen LogP contribution in [0.5, 0.6) is 5.75 Å². The number of anilines is 1. The number of methoxy groups -OCH3 is 1. The van der Waals surface area contributed by atoms with Crippen LogP contribution in [0.4, 0.5) is 5.69 Å². The molecule has 10 heteroatoms. The van der Waals surface area contributed by atoms with Crippen molar-refractivity contribution in [3.8, 4) is 5.75 Å². The number of sulfonamides is 1. The monoisotopic (exact) mass is 451 g/mol. The molecule has 0 spiro atoms. The molecule has 0 unspecified atom stereocenters. The van der Waals surface area contributed by atoms with Crippen molar-refractivity contribution >= 4 is 39.1 Å². The third-order valence-corrected chi connectivity index (χ3v) is 7.11. The van der Waals surface area contributed by atoms with Crippen molar-refractivity contribution in [1.82, 2.24) is 9.62 Å². The Bertz CT molecular complexity index is 1030. The Morgan fingerprint density at radius 3 is 2.50 bits per heavy atom. The number of carbonyl (C=O) groups excluding carboxylic acids is 2. The normalized spacial score (nSPS) is 16.8. The van der Waals surface area contributed by atoms with Crippen LogP contribution in [0.1, 0.15) is 12.8 Å². The lowest BCUT2D eigenvalue weighted by Gasteiger charge is -2.24. The van der Waals surface area contributed by atoms with E-state index < -0.39 is 27.9 Å². The summed E-state index contributed by atoms with van der Waals surface area (Å²) in [5.74, 6) is -1.17. The summed E-state index contributed by atoms with van der Waals surface area (Å²) in [5, 5.41) is 5.26. The minimum absolute atomic E-state index is 0.0319. The minimum Gasteiger partial charge on any atom is -0.497 e. The molecule has 1 aliphatic heterocycles. The highest BCUT2D eigenvalue weighted by Crippen LogP contribution is 2.27. The van der Waals surface area contributed by atoms with Crippen LogP contribution in [0.15, 0.2) is 53.4 Å². The Hall–Kier alpha value is -2.62. The molecule has 1 heterocycles. The number of hydrogen-bond acceptors (Lipinski definition) is 5. The molecule has 2 aromatic rings. The number of amides is 2. The van der Waals surface area contributed by atoms with Gasteiger partial charge in [-0.05, 0) is 49.2 Å². The molecular formula is C20H22ClN3O5S. The van der Waals surface area contributed by atoms with Gasteiger partial charge < -0.3 is 15.4 Å². The van der Waals surface area contributed by atoms with Crippen LogP contribution < -0.4 is 15.4 Å². The van der Waals surface area contributed by atoms with Gasteiger partial charge in [-0.2, -0.15) is 4.31 Å². The Balaban J connectivity index is 1.62. The van der Waals surface area contributed by atoms with Crippen LogP contribution in [0.3, 0.4) is 0 Å². The second-order valence-corrected chi connectivity index (χ2v) is 9.03. The molecular weight excluding hydrogens is 430 g/mol. The van der Waals surface area contributed by atoms with Gasteiger partial charge >= 0.3 is 11.8 Å². The van der Waals surface area contributed by atoms with Crippen LogP contribution in [-0.4, -0.2) is 50.8 Å². The maximum atomic E-state index is 13.0. The molecule has 1 fully saturated rings. The summed E-state index contributed by atoms with van der Waals surface area (Å²) in [5.41, 5.74) is 0.323. The predicted molar refractivity (Wildman–Crippen MR) is 113 cm³/mol. The molecule has 0 aliphatic carbocycles. The van der Waals surface area contributed by atoms with Crippen molar-refractivity contribution in [2.45, 2.75) is 23.8 Å². The average Bonchev–Trinajstić information content (AvgIpc) is 3.23. The van der Waals surface area contributed by atoms with Crippen LogP contribution in [0, 0.1) is 0 Å². The molecule has 2 N–H and O–H groups in total. The predicted octanol–water partition coefficient (Wildman–Crippen LogP) is 2.26. The number of rotatable bonds is 6. The molecule has 3 rings (SSSR count). The van der Waals surface area contributed by atoms with Crippen molar-refractivity contribution < 1.29 is 22.7 Å². The highest BCUT2D eigenvalue weighted by Gasteiger charge is 2.35. The number of para-hydroxylation sites is 1. The summed E-state index contributed by atoms with van der Waals surface area (Å²) in [6, 6.07) is 12.3. The summed E-state index contributed by atoms with van der Waals surface area (Å²) in [7, 11) is -2.22. The van der Waals surface area contributed by atoms with E-state index >= 15 is 0 Å². The first-order valence-electron chi connectivity index (χ1n) is 9.32. The zero-order chi connectivity index (χ0) is 21.7. The van der Waals surface area contributed by atoms with E-state index in [4.69, 9.17) is 16.3 Å². The van der Waals surface area contributed by atoms with Gasteiger partial charge in [-0.1, -0.05) is 23.7 Å². The molecule has 30 heavy (non-hydrogen) atoms. The van der Waals surface area contributed by atoms with Crippen LogP contribution in [-0.2, 0) is 19.6 Å². The van der Waals surface area contributed by atoms with Gasteiger partial charge in [0.2, 0.25) is 10.0 Å². The van der Waals surface area contributed by atoms with Crippen molar-refractivity contribution in [3.63, 3.8) is 0 Å². The average molecular weight is 452 g/mol. The second-order valence-electron chi connectivity index (χ2n) is 6.73. The SMILES string of the molecule is COc1ccc(S(=O)(=O)N2CCC[C@H]2CNC(=O)C(=O)Nc2ccccc2Cl)cc1. The van der Waals surface area contributed by atoms with Gasteiger partial charge in [0.25, 0.3) is 0 Å². The van der Waals surface area contributed by atoms with Gasteiger partial charge in [-0.3, -0.25) is 9.59 Å². The number of carbonyl (C=O) groups is 2. The summed E-state index contributed by atoms with van der Waals surface area (Å²) in [6.45, 7) is 0.380. The second kappa shape index (κ2) is 9.46. The van der Waals surface area contributed by atoms with Crippen molar-refractivity contribution in [3.05, 3.63) is 53.6 Å². The zero-order valence-corrected chi connectivity index (χ0v) is 17.9. The fraction of sp³-hybridized carbons (Fsp3) is 0.300. The van der Waals surface area contributed by atoms with E-state index in [9.17, 15) is 18.0 Å². The summed E-state index contributed by atoms with van der Waals surface area (Å²) in [4.78, 5) is 24.4. The lowest BCUT2D eigenvalue weighted by atomic mass is 10.2. The Labute approximate surface area is 180 Å². The topological polar surface area (TPSA) is 105 Å². The van der Waals surface area contributed by atoms with Gasteiger partial charge in [0, 0.05) is 19.1 Å². The third-order valence-electron chi connectivity index (χ3n) is 4.82. The summed E-state index contributed by atoms with van der Waals surface area (Å²) >= 11 is 5.97. The van der Waals surface area contributed by atoms with Gasteiger partial charge in [-0.15, -0.1) is 0 Å². The van der Waals surface area contributed by atoms with E-state index in [-0.39, 0.29) is 11.4 Å². The molecule has 0 aromatic heterocycles. The largest absolute Gasteiger partial charge is 0.497 e. The summed E-state index contributed by atoms with van der Waals surface area (Å²) in [6.07, 6.45) is 1.25. The van der Waals surface area contributed by atoms with E-state index in [2.05, 4.69) is 10.6 Å². The fourth-order valence-electron chi connectivity index (χ4n) is 3.25. The van der Waals surface area contributed by atoms with Gasteiger partial charge in [-0.25, -0.2) is 8.42 Å². The molecule has 1 aliphatic rings. The highest BCUT2D eigenvalue weighted by molar-refractivity contribution is 7.89.